The number of hydrogen-bond donors (Lipinski definition) is 4. The lowest BCUT2D eigenvalue weighted by atomic mass is 10.2. The minimum Gasteiger partial charge on any atom is -0.352 e. The van der Waals surface area contributed by atoms with Crippen molar-refractivity contribution in [3.05, 3.63) is 45.1 Å². The zero-order valence-corrected chi connectivity index (χ0v) is 14.6. The van der Waals surface area contributed by atoms with Crippen LogP contribution >= 0.6 is 11.6 Å². The topological polar surface area (TPSA) is 121 Å². The van der Waals surface area contributed by atoms with Crippen molar-refractivity contribution in [1.29, 1.82) is 0 Å². The summed E-state index contributed by atoms with van der Waals surface area (Å²) in [6.45, 7) is 2.57. The van der Waals surface area contributed by atoms with Crippen LogP contribution in [0.4, 0.5) is 10.5 Å². The van der Waals surface area contributed by atoms with Crippen LogP contribution in [0.3, 0.4) is 0 Å². The molecule has 134 valence electrons. The van der Waals surface area contributed by atoms with Crippen molar-refractivity contribution in [2.45, 2.75) is 13.3 Å². The van der Waals surface area contributed by atoms with E-state index < -0.39 is 6.03 Å². The van der Waals surface area contributed by atoms with Crippen LogP contribution in [-0.2, 0) is 13.5 Å². The standard InChI is InChI=1S/C15H19ClN6O3/c1-3-17-13(23)10-8-9(4-5-11(10)16)19-14(24)18-7-6-12-20-21-15(25)22(12)2/h4-5,8H,3,6-7H2,1-2H3,(H,17,23)(H,21,25)(H2,18,19,24). The third kappa shape index (κ3) is 4.83. The largest absolute Gasteiger partial charge is 0.352 e. The molecule has 1 aromatic heterocycles. The van der Waals surface area contributed by atoms with Gasteiger partial charge >= 0.3 is 11.7 Å². The first kappa shape index (κ1) is 18.5. The number of benzene rings is 1. The van der Waals surface area contributed by atoms with Crippen molar-refractivity contribution in [2.75, 3.05) is 18.4 Å². The number of carbonyl (C=O) groups is 2. The molecule has 0 aliphatic rings. The molecule has 2 aromatic rings. The smallest absolute Gasteiger partial charge is 0.343 e. The minimum absolute atomic E-state index is 0.285. The molecule has 1 aromatic carbocycles. The maximum absolute atomic E-state index is 11.9. The van der Waals surface area contributed by atoms with Crippen LogP contribution in [0.5, 0.6) is 0 Å². The summed E-state index contributed by atoms with van der Waals surface area (Å²) in [5.74, 6) is 0.228. The lowest BCUT2D eigenvalue weighted by molar-refractivity contribution is 0.0956. The summed E-state index contributed by atoms with van der Waals surface area (Å²) in [6, 6.07) is 4.21. The molecule has 0 bridgehead atoms. The minimum atomic E-state index is -0.440. The second-order valence-electron chi connectivity index (χ2n) is 5.19. The molecule has 0 fully saturated rings. The first-order valence-electron chi connectivity index (χ1n) is 7.65. The maximum atomic E-state index is 11.9. The van der Waals surface area contributed by atoms with Gasteiger partial charge in [-0.1, -0.05) is 11.6 Å². The third-order valence-corrected chi connectivity index (χ3v) is 3.74. The highest BCUT2D eigenvalue weighted by Crippen LogP contribution is 2.20. The Morgan fingerprint density at radius 3 is 2.72 bits per heavy atom. The van der Waals surface area contributed by atoms with Gasteiger partial charge in [0.25, 0.3) is 5.91 Å². The molecule has 1 heterocycles. The average Bonchev–Trinajstić information content (AvgIpc) is 2.89. The Hall–Kier alpha value is -2.81. The molecular formula is C15H19ClN6O3. The molecule has 0 radical (unpaired) electrons. The van der Waals surface area contributed by atoms with Gasteiger partial charge in [-0.05, 0) is 25.1 Å². The molecule has 0 spiro atoms. The summed E-state index contributed by atoms with van der Waals surface area (Å²) in [4.78, 5) is 35.1. The molecule has 4 N–H and O–H groups in total. The van der Waals surface area contributed by atoms with Gasteiger partial charge < -0.3 is 16.0 Å². The molecular weight excluding hydrogens is 348 g/mol. The lowest BCUT2D eigenvalue weighted by Gasteiger charge is -2.10. The van der Waals surface area contributed by atoms with E-state index in [4.69, 9.17) is 11.6 Å². The van der Waals surface area contributed by atoms with Gasteiger partial charge in [-0.15, -0.1) is 0 Å². The number of hydrogen-bond acceptors (Lipinski definition) is 4. The number of aromatic amines is 1. The van der Waals surface area contributed by atoms with Crippen molar-refractivity contribution in [1.82, 2.24) is 25.4 Å². The van der Waals surface area contributed by atoms with Crippen LogP contribution in [0.1, 0.15) is 23.1 Å². The predicted octanol–water partition coefficient (Wildman–Crippen LogP) is 0.876. The Morgan fingerprint density at radius 1 is 1.32 bits per heavy atom. The summed E-state index contributed by atoms with van der Waals surface area (Å²) in [5.41, 5.74) is 0.418. The number of nitrogens with zero attached hydrogens (tertiary/aromatic N) is 2. The van der Waals surface area contributed by atoms with Crippen LogP contribution in [0, 0.1) is 0 Å². The van der Waals surface area contributed by atoms with E-state index >= 15 is 0 Å². The fraction of sp³-hybridized carbons (Fsp3) is 0.333. The van der Waals surface area contributed by atoms with Gasteiger partial charge in [-0.2, -0.15) is 5.10 Å². The first-order valence-corrected chi connectivity index (χ1v) is 8.03. The highest BCUT2D eigenvalue weighted by atomic mass is 35.5. The number of urea groups is 1. The van der Waals surface area contributed by atoms with E-state index in [9.17, 15) is 14.4 Å². The Bertz CT molecular complexity index is 829. The number of anilines is 1. The monoisotopic (exact) mass is 366 g/mol. The van der Waals surface area contributed by atoms with Gasteiger partial charge in [-0.25, -0.2) is 14.7 Å². The van der Waals surface area contributed by atoms with E-state index in [0.717, 1.165) is 0 Å². The third-order valence-electron chi connectivity index (χ3n) is 3.41. The zero-order chi connectivity index (χ0) is 18.4. The van der Waals surface area contributed by atoms with E-state index in [2.05, 4.69) is 26.1 Å². The van der Waals surface area contributed by atoms with Crippen molar-refractivity contribution in [2.24, 2.45) is 7.05 Å². The molecule has 0 aliphatic heterocycles. The number of rotatable bonds is 6. The summed E-state index contributed by atoms with van der Waals surface area (Å²) < 4.78 is 1.37. The Balaban J connectivity index is 1.92. The van der Waals surface area contributed by atoms with Gasteiger partial charge in [-0.3, -0.25) is 9.36 Å². The van der Waals surface area contributed by atoms with Crippen LogP contribution in [0.15, 0.2) is 23.0 Å². The quantitative estimate of drug-likeness (QED) is 0.606. The Labute approximate surface area is 148 Å². The lowest BCUT2D eigenvalue weighted by Crippen LogP contribution is -2.31. The number of halogens is 1. The number of H-pyrrole nitrogens is 1. The van der Waals surface area contributed by atoms with Crippen LogP contribution < -0.4 is 21.6 Å². The molecule has 2 rings (SSSR count). The molecule has 3 amide bonds. The van der Waals surface area contributed by atoms with Crippen molar-refractivity contribution in [3.63, 3.8) is 0 Å². The molecule has 0 saturated heterocycles. The van der Waals surface area contributed by atoms with Crippen LogP contribution in [-0.4, -0.2) is 39.8 Å². The molecule has 0 saturated carbocycles. The van der Waals surface area contributed by atoms with Crippen molar-refractivity contribution < 1.29 is 9.59 Å². The highest BCUT2D eigenvalue weighted by molar-refractivity contribution is 6.34. The van der Waals surface area contributed by atoms with Gasteiger partial charge in [0.1, 0.15) is 5.82 Å². The number of nitrogens with one attached hydrogen (secondary N) is 4. The molecule has 0 unspecified atom stereocenters. The Kier molecular flexibility index (Phi) is 6.18. The summed E-state index contributed by atoms with van der Waals surface area (Å²) in [5, 5.41) is 14.4. The predicted molar refractivity (Wildman–Crippen MR) is 94.0 cm³/mol. The molecule has 9 nitrogen and oxygen atoms in total. The summed E-state index contributed by atoms with van der Waals surface area (Å²) in [6.07, 6.45) is 0.396. The van der Waals surface area contributed by atoms with Crippen molar-refractivity contribution >= 4 is 29.2 Å². The van der Waals surface area contributed by atoms with Gasteiger partial charge in [0.15, 0.2) is 0 Å². The molecule has 10 heteroatoms. The fourth-order valence-corrected chi connectivity index (χ4v) is 2.30. The fourth-order valence-electron chi connectivity index (χ4n) is 2.10. The van der Waals surface area contributed by atoms with E-state index in [0.29, 0.717) is 36.0 Å². The second kappa shape index (κ2) is 8.34. The van der Waals surface area contributed by atoms with Crippen LogP contribution in [0.25, 0.3) is 0 Å². The molecule has 0 atom stereocenters. The van der Waals surface area contributed by atoms with Gasteiger partial charge in [0.2, 0.25) is 0 Å². The van der Waals surface area contributed by atoms with E-state index in [1.165, 1.54) is 10.6 Å². The average molecular weight is 367 g/mol. The van der Waals surface area contributed by atoms with E-state index in [-0.39, 0.29) is 17.2 Å². The van der Waals surface area contributed by atoms with Gasteiger partial charge in [0, 0.05) is 32.2 Å². The summed E-state index contributed by atoms with van der Waals surface area (Å²) >= 11 is 6.00. The number of carbonyl (C=O) groups excluding carboxylic acids is 2. The van der Waals surface area contributed by atoms with E-state index in [1.54, 1.807) is 26.1 Å². The Morgan fingerprint density at radius 2 is 2.08 bits per heavy atom. The zero-order valence-electron chi connectivity index (χ0n) is 13.9. The second-order valence-corrected chi connectivity index (χ2v) is 5.60. The van der Waals surface area contributed by atoms with Gasteiger partial charge in [0.05, 0.1) is 10.6 Å². The SMILES string of the molecule is CCNC(=O)c1cc(NC(=O)NCCc2n[nH]c(=O)n2C)ccc1Cl. The van der Waals surface area contributed by atoms with Crippen molar-refractivity contribution in [3.8, 4) is 0 Å². The number of aromatic nitrogens is 3. The normalized spacial score (nSPS) is 10.4. The highest BCUT2D eigenvalue weighted by Gasteiger charge is 2.12. The molecule has 25 heavy (non-hydrogen) atoms. The number of amides is 3. The first-order chi connectivity index (χ1) is 11.9. The van der Waals surface area contributed by atoms with Crippen LogP contribution in [0.2, 0.25) is 5.02 Å². The maximum Gasteiger partial charge on any atom is 0.343 e. The molecule has 0 aliphatic carbocycles. The summed E-state index contributed by atoms with van der Waals surface area (Å²) in [7, 11) is 1.60. The van der Waals surface area contributed by atoms with E-state index in [1.807, 2.05) is 0 Å².